The summed E-state index contributed by atoms with van der Waals surface area (Å²) in [5.74, 6) is 0.531. The Bertz CT molecular complexity index is 642. The minimum atomic E-state index is -0.708. The molecule has 1 aliphatic heterocycles. The number of hydrogen-bond acceptors (Lipinski definition) is 2. The quantitative estimate of drug-likeness (QED) is 0.935. The van der Waals surface area contributed by atoms with Crippen LogP contribution in [-0.4, -0.2) is 11.7 Å². The molecule has 0 saturated carbocycles. The fourth-order valence-electron chi connectivity index (χ4n) is 2.44. The molecule has 1 atom stereocenters. The largest absolute Gasteiger partial charge is 0.493 e. The Kier molecular flexibility index (Phi) is 3.64. The van der Waals surface area contributed by atoms with Crippen LogP contribution in [-0.2, 0) is 12.8 Å². The molecule has 0 saturated heterocycles. The van der Waals surface area contributed by atoms with Gasteiger partial charge in [-0.1, -0.05) is 17.7 Å². The van der Waals surface area contributed by atoms with Gasteiger partial charge in [0.05, 0.1) is 12.7 Å². The number of halogens is 2. The molecule has 1 unspecified atom stereocenters. The van der Waals surface area contributed by atoms with Gasteiger partial charge in [0.1, 0.15) is 11.6 Å². The van der Waals surface area contributed by atoms with Gasteiger partial charge in [0, 0.05) is 17.9 Å². The molecule has 2 aromatic rings. The zero-order valence-electron chi connectivity index (χ0n) is 10.8. The van der Waals surface area contributed by atoms with Gasteiger partial charge in [-0.2, -0.15) is 0 Å². The second kappa shape index (κ2) is 5.43. The summed E-state index contributed by atoms with van der Waals surface area (Å²) in [6.45, 7) is 0.685. The molecule has 4 heteroatoms. The van der Waals surface area contributed by atoms with Gasteiger partial charge in [-0.05, 0) is 47.0 Å². The van der Waals surface area contributed by atoms with Gasteiger partial charge in [0.2, 0.25) is 0 Å². The maximum atomic E-state index is 13.2. The summed E-state index contributed by atoms with van der Waals surface area (Å²) in [7, 11) is 0. The standard InChI is InChI=1S/C16H14ClFO2/c17-14-3-2-13(18)8-12(14)9-15(19)10-1-4-16-11(7-10)5-6-20-16/h1-4,7-8,15,19H,5-6,9H2. The van der Waals surface area contributed by atoms with E-state index in [1.165, 1.54) is 18.2 Å². The van der Waals surface area contributed by atoms with E-state index in [1.807, 2.05) is 18.2 Å². The van der Waals surface area contributed by atoms with Crippen LogP contribution in [0.15, 0.2) is 36.4 Å². The lowest BCUT2D eigenvalue weighted by molar-refractivity contribution is 0.178. The zero-order valence-corrected chi connectivity index (χ0v) is 11.5. The number of aliphatic hydroxyl groups excluding tert-OH is 1. The fraction of sp³-hybridized carbons (Fsp3) is 0.250. The fourth-order valence-corrected chi connectivity index (χ4v) is 2.63. The summed E-state index contributed by atoms with van der Waals surface area (Å²) >= 11 is 6.02. The van der Waals surface area contributed by atoms with Crippen molar-refractivity contribution in [3.05, 3.63) is 63.9 Å². The van der Waals surface area contributed by atoms with E-state index in [0.29, 0.717) is 17.2 Å². The lowest BCUT2D eigenvalue weighted by Gasteiger charge is -2.13. The highest BCUT2D eigenvalue weighted by atomic mass is 35.5. The normalized spacial score (nSPS) is 14.8. The minimum absolute atomic E-state index is 0.288. The molecule has 0 aromatic heterocycles. The van der Waals surface area contributed by atoms with Crippen molar-refractivity contribution in [2.75, 3.05) is 6.61 Å². The number of aliphatic hydroxyl groups is 1. The van der Waals surface area contributed by atoms with Crippen LogP contribution >= 0.6 is 11.6 Å². The number of ether oxygens (including phenoxy) is 1. The van der Waals surface area contributed by atoms with E-state index in [-0.39, 0.29) is 12.2 Å². The first-order valence-corrected chi connectivity index (χ1v) is 6.89. The van der Waals surface area contributed by atoms with Crippen LogP contribution in [0.25, 0.3) is 0 Å². The smallest absolute Gasteiger partial charge is 0.123 e. The van der Waals surface area contributed by atoms with Crippen LogP contribution in [0.2, 0.25) is 5.02 Å². The van der Waals surface area contributed by atoms with E-state index in [2.05, 4.69) is 0 Å². The van der Waals surface area contributed by atoms with Crippen molar-refractivity contribution in [3.63, 3.8) is 0 Å². The summed E-state index contributed by atoms with van der Waals surface area (Å²) in [5, 5.41) is 10.8. The van der Waals surface area contributed by atoms with Gasteiger partial charge in [-0.15, -0.1) is 0 Å². The highest BCUT2D eigenvalue weighted by molar-refractivity contribution is 6.31. The average Bonchev–Trinajstić information content (AvgIpc) is 2.90. The molecule has 2 nitrogen and oxygen atoms in total. The molecule has 3 rings (SSSR count). The third kappa shape index (κ3) is 2.65. The first kappa shape index (κ1) is 13.4. The third-order valence-electron chi connectivity index (χ3n) is 3.52. The van der Waals surface area contributed by atoms with Gasteiger partial charge in [-0.3, -0.25) is 0 Å². The van der Waals surface area contributed by atoms with Gasteiger partial charge in [0.15, 0.2) is 0 Å². The molecular formula is C16H14ClFO2. The second-order valence-corrected chi connectivity index (χ2v) is 5.33. The molecule has 104 valence electrons. The molecule has 1 aliphatic rings. The van der Waals surface area contributed by atoms with Crippen molar-refractivity contribution in [1.29, 1.82) is 0 Å². The van der Waals surface area contributed by atoms with Crippen molar-refractivity contribution in [2.45, 2.75) is 18.9 Å². The summed E-state index contributed by atoms with van der Waals surface area (Å²) in [6, 6.07) is 9.83. The Labute approximate surface area is 121 Å². The average molecular weight is 293 g/mol. The van der Waals surface area contributed by atoms with Gasteiger partial charge >= 0.3 is 0 Å². The molecule has 0 bridgehead atoms. The lowest BCUT2D eigenvalue weighted by atomic mass is 9.99. The number of hydrogen-bond donors (Lipinski definition) is 1. The van der Waals surface area contributed by atoms with E-state index < -0.39 is 6.10 Å². The Morgan fingerprint density at radius 2 is 2.10 bits per heavy atom. The van der Waals surface area contributed by atoms with Crippen LogP contribution in [0.5, 0.6) is 5.75 Å². The Morgan fingerprint density at radius 3 is 2.95 bits per heavy atom. The third-order valence-corrected chi connectivity index (χ3v) is 3.89. The maximum absolute atomic E-state index is 13.2. The monoisotopic (exact) mass is 292 g/mol. The van der Waals surface area contributed by atoms with Crippen molar-refractivity contribution in [2.24, 2.45) is 0 Å². The SMILES string of the molecule is OC(Cc1cc(F)ccc1Cl)c1ccc2c(c1)CCO2. The maximum Gasteiger partial charge on any atom is 0.123 e. The number of fused-ring (bicyclic) bond motifs is 1. The Balaban J connectivity index is 1.82. The highest BCUT2D eigenvalue weighted by Gasteiger charge is 2.16. The molecule has 0 radical (unpaired) electrons. The molecule has 2 aromatic carbocycles. The predicted octanol–water partition coefficient (Wildman–Crippen LogP) is 3.69. The van der Waals surface area contributed by atoms with Crippen LogP contribution in [0.4, 0.5) is 4.39 Å². The van der Waals surface area contributed by atoms with Crippen LogP contribution in [0, 0.1) is 5.82 Å². The first-order chi connectivity index (χ1) is 9.63. The van der Waals surface area contributed by atoms with Gasteiger partial charge < -0.3 is 9.84 Å². The van der Waals surface area contributed by atoms with E-state index in [1.54, 1.807) is 0 Å². The van der Waals surface area contributed by atoms with E-state index in [0.717, 1.165) is 23.3 Å². The molecule has 1 heterocycles. The first-order valence-electron chi connectivity index (χ1n) is 6.51. The van der Waals surface area contributed by atoms with Gasteiger partial charge in [-0.25, -0.2) is 4.39 Å². The minimum Gasteiger partial charge on any atom is -0.493 e. The van der Waals surface area contributed by atoms with Crippen molar-refractivity contribution >= 4 is 11.6 Å². The topological polar surface area (TPSA) is 29.5 Å². The van der Waals surface area contributed by atoms with Crippen molar-refractivity contribution < 1.29 is 14.2 Å². The summed E-state index contributed by atoms with van der Waals surface area (Å²) in [6.07, 6.45) is 0.438. The summed E-state index contributed by atoms with van der Waals surface area (Å²) in [4.78, 5) is 0. The van der Waals surface area contributed by atoms with Crippen LogP contribution in [0.3, 0.4) is 0 Å². The summed E-state index contributed by atoms with van der Waals surface area (Å²) < 4.78 is 18.7. The zero-order chi connectivity index (χ0) is 14.1. The van der Waals surface area contributed by atoms with E-state index >= 15 is 0 Å². The van der Waals surface area contributed by atoms with Crippen molar-refractivity contribution in [3.8, 4) is 5.75 Å². The molecule has 0 amide bonds. The molecular weight excluding hydrogens is 279 g/mol. The molecule has 0 fully saturated rings. The van der Waals surface area contributed by atoms with E-state index in [9.17, 15) is 9.50 Å². The molecule has 0 aliphatic carbocycles. The molecule has 0 spiro atoms. The number of benzene rings is 2. The summed E-state index contributed by atoms with van der Waals surface area (Å²) in [5.41, 5.74) is 2.51. The van der Waals surface area contributed by atoms with Crippen molar-refractivity contribution in [1.82, 2.24) is 0 Å². The van der Waals surface area contributed by atoms with Crippen LogP contribution in [0.1, 0.15) is 22.8 Å². The van der Waals surface area contributed by atoms with Crippen LogP contribution < -0.4 is 4.74 Å². The Morgan fingerprint density at radius 1 is 1.25 bits per heavy atom. The Hall–Kier alpha value is -1.58. The number of rotatable bonds is 3. The van der Waals surface area contributed by atoms with Gasteiger partial charge in [0.25, 0.3) is 0 Å². The van der Waals surface area contributed by atoms with E-state index in [4.69, 9.17) is 16.3 Å². The molecule has 1 N–H and O–H groups in total. The lowest BCUT2D eigenvalue weighted by Crippen LogP contribution is -2.03. The predicted molar refractivity (Wildman–Crippen MR) is 75.7 cm³/mol. The second-order valence-electron chi connectivity index (χ2n) is 4.92. The molecule has 20 heavy (non-hydrogen) atoms. The highest BCUT2D eigenvalue weighted by Crippen LogP contribution is 2.30.